The van der Waals surface area contributed by atoms with Gasteiger partial charge in [-0.15, -0.1) is 0 Å². The summed E-state index contributed by atoms with van der Waals surface area (Å²) in [5.41, 5.74) is 21.6. The van der Waals surface area contributed by atoms with Crippen LogP contribution in [0.15, 0.2) is 197 Å². The van der Waals surface area contributed by atoms with Gasteiger partial charge in [0.15, 0.2) is 5.82 Å². The summed E-state index contributed by atoms with van der Waals surface area (Å²) in [7, 11) is 0. The van der Waals surface area contributed by atoms with Crippen molar-refractivity contribution in [2.45, 2.75) is 20.8 Å². The van der Waals surface area contributed by atoms with Crippen LogP contribution < -0.4 is 0 Å². The van der Waals surface area contributed by atoms with E-state index in [2.05, 4.69) is 215 Å². The van der Waals surface area contributed by atoms with Crippen LogP contribution >= 0.6 is 0 Å². The Kier molecular flexibility index (Phi) is 8.01. The molecule has 0 aliphatic rings. The summed E-state index contributed by atoms with van der Waals surface area (Å²) in [5.74, 6) is 2.39. The standard InChI is InChI=1S/C63H40N8O2/c1-35-28-36(2)60(37(3)29-35)61-64-48(38-20-24-56-42(30-38)44-32-40(22-26-58(44)72-56)68-52-16-8-10-18-54(52)70-50-14-6-4-12-46(50)66-62(68)70)34-49(65-61)39-21-25-57-43(31-39)45-33-41(23-27-59(45)73-57)69-53-17-9-11-19-55(53)71-51-15-7-5-13-47(51)67-63(69)71/h4-34H,1-3H3. The minimum Gasteiger partial charge on any atom is -0.456 e. The van der Waals surface area contributed by atoms with Gasteiger partial charge < -0.3 is 8.83 Å². The Hall–Kier alpha value is -9.80. The Morgan fingerprint density at radius 1 is 0.356 bits per heavy atom. The van der Waals surface area contributed by atoms with Crippen LogP contribution in [0.25, 0.3) is 145 Å². The van der Waals surface area contributed by atoms with Crippen LogP contribution in [0.1, 0.15) is 16.7 Å². The highest BCUT2D eigenvalue weighted by atomic mass is 16.3. The molecule has 7 heterocycles. The predicted molar refractivity (Wildman–Crippen MR) is 293 cm³/mol. The van der Waals surface area contributed by atoms with Gasteiger partial charge in [0.2, 0.25) is 11.6 Å². The maximum atomic E-state index is 6.55. The van der Waals surface area contributed by atoms with Crippen molar-refractivity contribution in [2.75, 3.05) is 0 Å². The SMILES string of the molecule is Cc1cc(C)c(-c2nc(-c3ccc4oc5ccc(-n6c7ccccc7n7c8ccccc8nc67)cc5c4c3)cc(-c3ccc4oc5ccc(-n6c7ccccc7n7c8ccccc8nc67)cc5c4c3)n2)c(C)c1. The number of furan rings is 2. The molecule has 0 N–H and O–H groups in total. The van der Waals surface area contributed by atoms with Crippen molar-refractivity contribution in [1.29, 1.82) is 0 Å². The normalized spacial score (nSPS) is 12.3. The number of hydrogen-bond acceptors (Lipinski definition) is 6. The fourth-order valence-electron chi connectivity index (χ4n) is 11.7. The largest absolute Gasteiger partial charge is 0.456 e. The summed E-state index contributed by atoms with van der Waals surface area (Å²) < 4.78 is 22.1. The highest BCUT2D eigenvalue weighted by molar-refractivity contribution is 6.09. The molecule has 0 radical (unpaired) electrons. The van der Waals surface area contributed by atoms with E-state index in [0.717, 1.165) is 150 Å². The summed E-state index contributed by atoms with van der Waals surface area (Å²) in [5, 5.41) is 4.01. The molecule has 0 saturated carbocycles. The summed E-state index contributed by atoms with van der Waals surface area (Å²) in [6, 6.07) is 65.7. The Balaban J connectivity index is 0.867. The Labute approximate surface area is 415 Å². The first-order valence-electron chi connectivity index (χ1n) is 24.5. The molecule has 0 unspecified atom stereocenters. The van der Waals surface area contributed by atoms with Gasteiger partial charge in [-0.25, -0.2) is 19.9 Å². The van der Waals surface area contributed by atoms with E-state index in [-0.39, 0.29) is 0 Å². The summed E-state index contributed by atoms with van der Waals surface area (Å²) in [6.07, 6.45) is 0. The first-order valence-corrected chi connectivity index (χ1v) is 24.5. The van der Waals surface area contributed by atoms with Crippen molar-refractivity contribution in [3.63, 3.8) is 0 Å². The van der Waals surface area contributed by atoms with Crippen molar-refractivity contribution in [3.8, 4) is 45.3 Å². The molecular weight excluding hydrogens is 901 g/mol. The van der Waals surface area contributed by atoms with Crippen LogP contribution in [0, 0.1) is 20.8 Å². The minimum absolute atomic E-state index is 0.674. The van der Waals surface area contributed by atoms with Gasteiger partial charge in [-0.3, -0.25) is 17.9 Å². The number of fused-ring (bicyclic) bond motifs is 16. The van der Waals surface area contributed by atoms with Crippen LogP contribution in [0.5, 0.6) is 0 Å². The second-order valence-electron chi connectivity index (χ2n) is 19.3. The van der Waals surface area contributed by atoms with Crippen LogP contribution in [0.4, 0.5) is 0 Å². The third kappa shape index (κ3) is 5.74. The Morgan fingerprint density at radius 3 is 1.22 bits per heavy atom. The smallest absolute Gasteiger partial charge is 0.220 e. The van der Waals surface area contributed by atoms with Gasteiger partial charge in [0.05, 0.1) is 66.9 Å². The molecule has 344 valence electrons. The first kappa shape index (κ1) is 40.0. The van der Waals surface area contributed by atoms with Crippen LogP contribution in [-0.2, 0) is 0 Å². The second-order valence-corrected chi connectivity index (χ2v) is 19.3. The zero-order valence-electron chi connectivity index (χ0n) is 39.8. The average Bonchev–Trinajstić information content (AvgIpc) is 4.26. The lowest BCUT2D eigenvalue weighted by Crippen LogP contribution is -1.99. The first-order chi connectivity index (χ1) is 35.9. The highest BCUT2D eigenvalue weighted by Crippen LogP contribution is 2.40. The fourth-order valence-corrected chi connectivity index (χ4v) is 11.7. The number of benzene rings is 9. The van der Waals surface area contributed by atoms with E-state index in [1.807, 2.05) is 12.1 Å². The maximum absolute atomic E-state index is 6.55. The number of nitrogens with zero attached hydrogens (tertiary/aromatic N) is 8. The third-order valence-electron chi connectivity index (χ3n) is 14.9. The van der Waals surface area contributed by atoms with Crippen molar-refractivity contribution >= 4 is 99.6 Å². The van der Waals surface area contributed by atoms with Crippen molar-refractivity contribution in [3.05, 3.63) is 205 Å². The molecule has 10 nitrogen and oxygen atoms in total. The molecule has 0 bridgehead atoms. The monoisotopic (exact) mass is 940 g/mol. The molecule has 16 rings (SSSR count). The number of imidazole rings is 4. The molecule has 10 heteroatoms. The Bertz CT molecular complexity index is 4730. The van der Waals surface area contributed by atoms with Gasteiger partial charge >= 0.3 is 0 Å². The quantitative estimate of drug-likeness (QED) is 0.171. The molecule has 0 amide bonds. The average molecular weight is 941 g/mol. The number of aryl methyl sites for hydroxylation is 3. The van der Waals surface area contributed by atoms with E-state index >= 15 is 0 Å². The molecule has 0 fully saturated rings. The van der Waals surface area contributed by atoms with Gasteiger partial charge in [0.1, 0.15) is 22.3 Å². The Morgan fingerprint density at radius 2 is 0.753 bits per heavy atom. The number of rotatable bonds is 5. The van der Waals surface area contributed by atoms with E-state index in [9.17, 15) is 0 Å². The molecule has 0 spiro atoms. The highest BCUT2D eigenvalue weighted by Gasteiger charge is 2.22. The number of aromatic nitrogens is 8. The van der Waals surface area contributed by atoms with Crippen LogP contribution in [-0.4, -0.2) is 37.9 Å². The van der Waals surface area contributed by atoms with E-state index in [0.29, 0.717) is 5.82 Å². The maximum Gasteiger partial charge on any atom is 0.220 e. The lowest BCUT2D eigenvalue weighted by molar-refractivity contribution is 0.668. The lowest BCUT2D eigenvalue weighted by atomic mass is 9.98. The molecule has 16 aromatic rings. The van der Waals surface area contributed by atoms with Crippen molar-refractivity contribution in [2.24, 2.45) is 0 Å². The lowest BCUT2D eigenvalue weighted by Gasteiger charge is -2.14. The number of hydrogen-bond donors (Lipinski definition) is 0. The number of para-hydroxylation sites is 8. The van der Waals surface area contributed by atoms with E-state index in [1.165, 1.54) is 5.56 Å². The minimum atomic E-state index is 0.674. The van der Waals surface area contributed by atoms with Gasteiger partial charge in [0.25, 0.3) is 0 Å². The van der Waals surface area contributed by atoms with E-state index in [4.69, 9.17) is 28.8 Å². The molecule has 7 aromatic heterocycles. The third-order valence-corrected chi connectivity index (χ3v) is 14.9. The fraction of sp³-hybridized carbons (Fsp3) is 0.0476. The summed E-state index contributed by atoms with van der Waals surface area (Å²) >= 11 is 0. The van der Waals surface area contributed by atoms with Gasteiger partial charge in [-0.05, 0) is 159 Å². The van der Waals surface area contributed by atoms with Crippen LogP contribution in [0.3, 0.4) is 0 Å². The van der Waals surface area contributed by atoms with Crippen molar-refractivity contribution in [1.82, 2.24) is 37.9 Å². The molecule has 9 aromatic carbocycles. The molecular formula is C63H40N8O2. The van der Waals surface area contributed by atoms with Gasteiger partial charge in [0, 0.05) is 38.2 Å². The van der Waals surface area contributed by atoms with Gasteiger partial charge in [-0.2, -0.15) is 0 Å². The molecule has 0 atom stereocenters. The van der Waals surface area contributed by atoms with Crippen LogP contribution in [0.2, 0.25) is 0 Å². The van der Waals surface area contributed by atoms with Crippen molar-refractivity contribution < 1.29 is 8.83 Å². The predicted octanol–water partition coefficient (Wildman–Crippen LogP) is 15.7. The molecule has 73 heavy (non-hydrogen) atoms. The van der Waals surface area contributed by atoms with E-state index in [1.54, 1.807) is 0 Å². The summed E-state index contributed by atoms with van der Waals surface area (Å²) in [6.45, 7) is 6.43. The van der Waals surface area contributed by atoms with E-state index < -0.39 is 0 Å². The molecule has 0 aliphatic heterocycles. The summed E-state index contributed by atoms with van der Waals surface area (Å²) in [4.78, 5) is 21.1. The second kappa shape index (κ2) is 14.6. The molecule has 0 saturated heterocycles. The van der Waals surface area contributed by atoms with Gasteiger partial charge in [-0.1, -0.05) is 66.2 Å². The zero-order chi connectivity index (χ0) is 48.2. The zero-order valence-corrected chi connectivity index (χ0v) is 39.8. The molecule has 0 aliphatic carbocycles. The topological polar surface area (TPSA) is 96.5 Å².